The monoisotopic (exact) mass is 369 g/mol. The number of para-hydroxylation sites is 1. The van der Waals surface area contributed by atoms with Crippen molar-refractivity contribution in [3.63, 3.8) is 0 Å². The highest BCUT2D eigenvalue weighted by Gasteiger charge is 2.36. The van der Waals surface area contributed by atoms with E-state index in [1.54, 1.807) is 49.6 Å². The number of hydrogen-bond acceptors (Lipinski definition) is 6. The van der Waals surface area contributed by atoms with Gasteiger partial charge in [0.1, 0.15) is 5.75 Å². The van der Waals surface area contributed by atoms with Crippen molar-refractivity contribution >= 4 is 17.4 Å². The summed E-state index contributed by atoms with van der Waals surface area (Å²) in [5.41, 5.74) is 1.10. The van der Waals surface area contributed by atoms with Gasteiger partial charge in [-0.05, 0) is 31.2 Å². The molecule has 0 spiro atoms. The molecule has 1 fully saturated rings. The van der Waals surface area contributed by atoms with Gasteiger partial charge in [0, 0.05) is 44.3 Å². The van der Waals surface area contributed by atoms with Crippen LogP contribution in [0.2, 0.25) is 0 Å². The molecule has 0 saturated carbocycles. The van der Waals surface area contributed by atoms with Crippen molar-refractivity contribution in [2.75, 3.05) is 31.1 Å². The molecule has 1 aromatic heterocycles. The van der Waals surface area contributed by atoms with Crippen LogP contribution in [0.5, 0.6) is 5.75 Å². The lowest BCUT2D eigenvalue weighted by Gasteiger charge is -2.38. The lowest BCUT2D eigenvalue weighted by atomic mass is 10.1. The fourth-order valence-corrected chi connectivity index (χ4v) is 3.19. The Hall–Kier alpha value is -2.93. The number of pyridine rings is 1. The Morgan fingerprint density at radius 3 is 2.26 bits per heavy atom. The number of carbonyl (C=O) groups is 2. The van der Waals surface area contributed by atoms with Gasteiger partial charge in [0.2, 0.25) is 5.78 Å². The van der Waals surface area contributed by atoms with E-state index in [0.717, 1.165) is 18.8 Å². The minimum atomic E-state index is -1.51. The Labute approximate surface area is 158 Å². The van der Waals surface area contributed by atoms with Crippen molar-refractivity contribution < 1.29 is 19.4 Å². The quantitative estimate of drug-likeness (QED) is 0.744. The number of nitrogens with zero attached hydrogens (tertiary/aromatic N) is 3. The van der Waals surface area contributed by atoms with Crippen LogP contribution in [0.1, 0.15) is 6.92 Å². The van der Waals surface area contributed by atoms with Gasteiger partial charge < -0.3 is 14.7 Å². The van der Waals surface area contributed by atoms with E-state index in [4.69, 9.17) is 4.74 Å². The van der Waals surface area contributed by atoms with Crippen LogP contribution in [0.15, 0.2) is 54.9 Å². The Kier molecular flexibility index (Phi) is 6.03. The van der Waals surface area contributed by atoms with Crippen molar-refractivity contribution in [1.29, 1.82) is 0 Å². The Bertz CT molecular complexity index is 761. The second kappa shape index (κ2) is 8.64. The summed E-state index contributed by atoms with van der Waals surface area (Å²) in [6.07, 6.45) is 2.00. The first kappa shape index (κ1) is 18.8. The average molecular weight is 369 g/mol. The van der Waals surface area contributed by atoms with Crippen LogP contribution in [-0.2, 0) is 9.59 Å². The Balaban J connectivity index is 1.61. The number of aromatic nitrogens is 1. The predicted molar refractivity (Wildman–Crippen MR) is 101 cm³/mol. The Morgan fingerprint density at radius 2 is 1.67 bits per heavy atom. The first-order chi connectivity index (χ1) is 13.1. The highest BCUT2D eigenvalue weighted by Crippen LogP contribution is 2.18. The summed E-state index contributed by atoms with van der Waals surface area (Å²) >= 11 is 0. The summed E-state index contributed by atoms with van der Waals surface area (Å²) in [6, 6.07) is 11.9. The SMILES string of the molecule is CC(C(=O)C(Oc1ccccc1)C(=O)O)N1CCN(c2ccncc2)CC1. The molecule has 3 rings (SSSR count). The van der Waals surface area contributed by atoms with E-state index < -0.39 is 23.9 Å². The molecule has 2 atom stereocenters. The molecule has 1 aromatic carbocycles. The molecule has 27 heavy (non-hydrogen) atoms. The van der Waals surface area contributed by atoms with Gasteiger partial charge >= 0.3 is 5.97 Å². The number of carbonyl (C=O) groups excluding carboxylic acids is 1. The minimum absolute atomic E-state index is 0.368. The van der Waals surface area contributed by atoms with E-state index in [9.17, 15) is 14.7 Å². The molecular formula is C20H23N3O4. The van der Waals surface area contributed by atoms with E-state index in [1.165, 1.54) is 0 Å². The van der Waals surface area contributed by atoms with Crippen LogP contribution in [0.25, 0.3) is 0 Å². The summed E-state index contributed by atoms with van der Waals surface area (Å²) in [6.45, 7) is 4.62. The Morgan fingerprint density at radius 1 is 1.04 bits per heavy atom. The zero-order valence-electron chi connectivity index (χ0n) is 15.2. The molecule has 0 bridgehead atoms. The van der Waals surface area contributed by atoms with Gasteiger partial charge in [-0.25, -0.2) is 4.79 Å². The number of hydrogen-bond donors (Lipinski definition) is 1. The normalized spacial score (nSPS) is 17.1. The van der Waals surface area contributed by atoms with Crippen LogP contribution >= 0.6 is 0 Å². The van der Waals surface area contributed by atoms with Crippen molar-refractivity contribution in [2.45, 2.75) is 19.1 Å². The number of aliphatic carboxylic acids is 1. The molecule has 1 aliphatic rings. The molecule has 1 N–H and O–H groups in total. The van der Waals surface area contributed by atoms with E-state index in [2.05, 4.69) is 9.88 Å². The zero-order valence-corrected chi connectivity index (χ0v) is 15.2. The predicted octanol–water partition coefficient (Wildman–Crippen LogP) is 1.69. The standard InChI is InChI=1S/C20H23N3O4/c1-15(18(24)19(20(25)26)27-17-5-3-2-4-6-17)22-11-13-23(14-12-22)16-7-9-21-10-8-16/h2-10,15,19H,11-14H2,1H3,(H,25,26). The first-order valence-electron chi connectivity index (χ1n) is 8.93. The maximum absolute atomic E-state index is 12.8. The summed E-state index contributed by atoms with van der Waals surface area (Å²) in [4.78, 5) is 32.6. The fourth-order valence-electron chi connectivity index (χ4n) is 3.19. The van der Waals surface area contributed by atoms with Crippen LogP contribution in [0.4, 0.5) is 5.69 Å². The molecule has 7 heteroatoms. The molecule has 2 unspecified atom stereocenters. The molecule has 0 radical (unpaired) electrons. The van der Waals surface area contributed by atoms with Crippen LogP contribution in [-0.4, -0.2) is 65.1 Å². The molecule has 0 aliphatic carbocycles. The molecule has 0 amide bonds. The number of anilines is 1. The van der Waals surface area contributed by atoms with Crippen molar-refractivity contribution in [1.82, 2.24) is 9.88 Å². The first-order valence-corrected chi connectivity index (χ1v) is 8.93. The fraction of sp³-hybridized carbons (Fsp3) is 0.350. The van der Waals surface area contributed by atoms with Crippen molar-refractivity contribution in [3.05, 3.63) is 54.9 Å². The van der Waals surface area contributed by atoms with E-state index >= 15 is 0 Å². The third-order valence-electron chi connectivity index (χ3n) is 4.78. The molecule has 1 saturated heterocycles. The number of piperazine rings is 1. The van der Waals surface area contributed by atoms with Gasteiger partial charge in [0.15, 0.2) is 0 Å². The van der Waals surface area contributed by atoms with E-state index in [1.807, 2.05) is 17.0 Å². The molecule has 2 heterocycles. The highest BCUT2D eigenvalue weighted by molar-refractivity contribution is 6.04. The maximum atomic E-state index is 12.8. The van der Waals surface area contributed by atoms with Crippen molar-refractivity contribution in [2.24, 2.45) is 0 Å². The van der Waals surface area contributed by atoms with Gasteiger partial charge in [-0.15, -0.1) is 0 Å². The number of carboxylic acids is 1. The number of carboxylic acid groups (broad SMARTS) is 1. The number of ether oxygens (including phenoxy) is 1. The number of benzene rings is 1. The lowest BCUT2D eigenvalue weighted by molar-refractivity contribution is -0.152. The van der Waals surface area contributed by atoms with E-state index in [0.29, 0.717) is 18.8 Å². The summed E-state index contributed by atoms with van der Waals surface area (Å²) < 4.78 is 5.45. The van der Waals surface area contributed by atoms with Gasteiger partial charge in [-0.3, -0.25) is 14.7 Å². The van der Waals surface area contributed by atoms with E-state index in [-0.39, 0.29) is 0 Å². The number of Topliss-reactive ketones (excluding diaryl/α,β-unsaturated/α-hetero) is 1. The van der Waals surface area contributed by atoms with Gasteiger partial charge in [-0.1, -0.05) is 18.2 Å². The van der Waals surface area contributed by atoms with Crippen LogP contribution < -0.4 is 9.64 Å². The molecule has 2 aromatic rings. The smallest absolute Gasteiger partial charge is 0.352 e. The zero-order chi connectivity index (χ0) is 19.2. The van der Waals surface area contributed by atoms with Crippen LogP contribution in [0, 0.1) is 0 Å². The maximum Gasteiger partial charge on any atom is 0.352 e. The summed E-state index contributed by atoms with van der Waals surface area (Å²) in [5.74, 6) is -1.34. The van der Waals surface area contributed by atoms with Gasteiger partial charge in [0.25, 0.3) is 6.10 Å². The van der Waals surface area contributed by atoms with Gasteiger partial charge in [-0.2, -0.15) is 0 Å². The summed E-state index contributed by atoms with van der Waals surface area (Å²) in [5, 5.41) is 9.46. The average Bonchev–Trinajstić information content (AvgIpc) is 2.72. The lowest BCUT2D eigenvalue weighted by Crippen LogP contribution is -2.55. The largest absolute Gasteiger partial charge is 0.478 e. The summed E-state index contributed by atoms with van der Waals surface area (Å²) in [7, 11) is 0. The topological polar surface area (TPSA) is 83.0 Å². The second-order valence-electron chi connectivity index (χ2n) is 6.46. The number of ketones is 1. The third kappa shape index (κ3) is 4.62. The molecular weight excluding hydrogens is 346 g/mol. The highest BCUT2D eigenvalue weighted by atomic mass is 16.5. The second-order valence-corrected chi connectivity index (χ2v) is 6.46. The third-order valence-corrected chi connectivity index (χ3v) is 4.78. The van der Waals surface area contributed by atoms with Gasteiger partial charge in [0.05, 0.1) is 6.04 Å². The molecule has 7 nitrogen and oxygen atoms in total. The number of rotatable bonds is 7. The minimum Gasteiger partial charge on any atom is -0.478 e. The molecule has 142 valence electrons. The van der Waals surface area contributed by atoms with Crippen LogP contribution in [0.3, 0.4) is 0 Å². The molecule has 1 aliphatic heterocycles. The van der Waals surface area contributed by atoms with Crippen molar-refractivity contribution in [3.8, 4) is 5.75 Å².